The lowest BCUT2D eigenvalue weighted by Crippen LogP contribution is -2.47. The number of rotatable bonds is 7. The Hall–Kier alpha value is -1.59. The highest BCUT2D eigenvalue weighted by molar-refractivity contribution is 5.66. The maximum atomic E-state index is 10.4. The van der Waals surface area contributed by atoms with Crippen LogP contribution in [0.15, 0.2) is 24.3 Å². The van der Waals surface area contributed by atoms with Crippen molar-refractivity contribution < 1.29 is 14.6 Å². The third-order valence-electron chi connectivity index (χ3n) is 3.84. The molecular weight excluding hydrogens is 268 g/mol. The van der Waals surface area contributed by atoms with Crippen LogP contribution in [-0.2, 0) is 9.53 Å². The van der Waals surface area contributed by atoms with Gasteiger partial charge in [0.15, 0.2) is 0 Å². The first-order chi connectivity index (χ1) is 10.2. The maximum Gasteiger partial charge on any atom is 0.305 e. The van der Waals surface area contributed by atoms with Gasteiger partial charge in [-0.3, -0.25) is 9.69 Å². The van der Waals surface area contributed by atoms with Crippen LogP contribution in [0.5, 0.6) is 0 Å². The molecule has 1 saturated heterocycles. The lowest BCUT2D eigenvalue weighted by molar-refractivity contribution is -0.138. The zero-order chi connectivity index (χ0) is 15.1. The van der Waals surface area contributed by atoms with Crippen LogP contribution < -0.4 is 4.90 Å². The zero-order valence-electron chi connectivity index (χ0n) is 12.6. The summed E-state index contributed by atoms with van der Waals surface area (Å²) in [6.07, 6.45) is 0.0844. The Morgan fingerprint density at radius 3 is 2.57 bits per heavy atom. The molecule has 2 rings (SSSR count). The van der Waals surface area contributed by atoms with Gasteiger partial charge in [-0.1, -0.05) is 18.2 Å². The van der Waals surface area contributed by atoms with Crippen LogP contribution >= 0.6 is 0 Å². The second-order valence-electron chi connectivity index (χ2n) is 5.37. The van der Waals surface area contributed by atoms with Gasteiger partial charge in [-0.2, -0.15) is 0 Å². The number of carbonyl (C=O) groups is 1. The second kappa shape index (κ2) is 8.00. The standard InChI is InChI=1S/C16H24N2O3/c1-14-4-2-3-5-15(14)18-9-7-17(8-10-18)11-13-21-12-6-16(19)20/h2-5H,6-13H2,1H3,(H,19,20). The smallest absolute Gasteiger partial charge is 0.305 e. The summed E-state index contributed by atoms with van der Waals surface area (Å²) in [6, 6.07) is 8.49. The summed E-state index contributed by atoms with van der Waals surface area (Å²) in [5.74, 6) is -0.804. The Morgan fingerprint density at radius 1 is 1.19 bits per heavy atom. The van der Waals surface area contributed by atoms with E-state index in [1.165, 1.54) is 11.3 Å². The van der Waals surface area contributed by atoms with Crippen molar-refractivity contribution >= 4 is 11.7 Å². The molecule has 1 fully saturated rings. The molecule has 0 spiro atoms. The second-order valence-corrected chi connectivity index (χ2v) is 5.37. The van der Waals surface area contributed by atoms with E-state index in [0.717, 1.165) is 32.7 Å². The number of anilines is 1. The molecule has 1 aliphatic rings. The molecule has 1 aromatic carbocycles. The van der Waals surface area contributed by atoms with Gasteiger partial charge in [0.1, 0.15) is 0 Å². The average molecular weight is 292 g/mol. The maximum absolute atomic E-state index is 10.4. The predicted molar refractivity (Wildman–Crippen MR) is 82.9 cm³/mol. The Bertz CT molecular complexity index is 457. The minimum Gasteiger partial charge on any atom is -0.481 e. The van der Waals surface area contributed by atoms with Crippen molar-refractivity contribution in [2.75, 3.05) is 50.8 Å². The van der Waals surface area contributed by atoms with Crippen molar-refractivity contribution in [3.8, 4) is 0 Å². The highest BCUT2D eigenvalue weighted by atomic mass is 16.5. The number of carboxylic acid groups (broad SMARTS) is 1. The average Bonchev–Trinajstić information content (AvgIpc) is 2.48. The van der Waals surface area contributed by atoms with E-state index in [0.29, 0.717) is 13.2 Å². The molecule has 0 amide bonds. The lowest BCUT2D eigenvalue weighted by atomic mass is 10.1. The molecule has 1 heterocycles. The Labute approximate surface area is 126 Å². The first kappa shape index (κ1) is 15.8. The van der Waals surface area contributed by atoms with Crippen LogP contribution in [0.2, 0.25) is 0 Å². The molecule has 5 nitrogen and oxygen atoms in total. The van der Waals surface area contributed by atoms with Gasteiger partial charge in [0.2, 0.25) is 0 Å². The molecular formula is C16H24N2O3. The highest BCUT2D eigenvalue weighted by Gasteiger charge is 2.17. The number of benzene rings is 1. The van der Waals surface area contributed by atoms with Crippen LogP contribution in [0.4, 0.5) is 5.69 Å². The fourth-order valence-electron chi connectivity index (χ4n) is 2.59. The summed E-state index contributed by atoms with van der Waals surface area (Å²) in [5.41, 5.74) is 2.65. The van der Waals surface area contributed by atoms with Crippen LogP contribution in [0.3, 0.4) is 0 Å². The number of nitrogens with zero attached hydrogens (tertiary/aromatic N) is 2. The van der Waals surface area contributed by atoms with E-state index in [9.17, 15) is 4.79 Å². The van der Waals surface area contributed by atoms with Gasteiger partial charge in [0, 0.05) is 38.4 Å². The number of para-hydroxylation sites is 1. The van der Waals surface area contributed by atoms with Crippen molar-refractivity contribution in [1.29, 1.82) is 0 Å². The summed E-state index contributed by atoms with van der Waals surface area (Å²) in [6.45, 7) is 8.04. The van der Waals surface area contributed by atoms with E-state index in [-0.39, 0.29) is 6.42 Å². The number of hydrogen-bond acceptors (Lipinski definition) is 4. The van der Waals surface area contributed by atoms with Crippen molar-refractivity contribution in [2.24, 2.45) is 0 Å². The minimum absolute atomic E-state index is 0.0844. The molecule has 1 aromatic rings. The number of piperazine rings is 1. The molecule has 0 bridgehead atoms. The van der Waals surface area contributed by atoms with Crippen molar-refractivity contribution in [1.82, 2.24) is 4.90 Å². The number of carboxylic acids is 1. The van der Waals surface area contributed by atoms with Crippen molar-refractivity contribution in [2.45, 2.75) is 13.3 Å². The van der Waals surface area contributed by atoms with Crippen LogP contribution in [0, 0.1) is 6.92 Å². The predicted octanol–water partition coefficient (Wildman–Crippen LogP) is 1.61. The quantitative estimate of drug-likeness (QED) is 0.774. The van der Waals surface area contributed by atoms with Gasteiger partial charge in [-0.15, -0.1) is 0 Å². The molecule has 1 aliphatic heterocycles. The molecule has 116 valence electrons. The van der Waals surface area contributed by atoms with E-state index in [2.05, 4.69) is 41.0 Å². The van der Waals surface area contributed by atoms with E-state index >= 15 is 0 Å². The van der Waals surface area contributed by atoms with Gasteiger partial charge < -0.3 is 14.7 Å². The molecule has 21 heavy (non-hydrogen) atoms. The molecule has 0 unspecified atom stereocenters. The summed E-state index contributed by atoms with van der Waals surface area (Å²) in [7, 11) is 0. The summed E-state index contributed by atoms with van der Waals surface area (Å²) >= 11 is 0. The molecule has 0 saturated carbocycles. The summed E-state index contributed by atoms with van der Waals surface area (Å²) in [5, 5.41) is 8.53. The SMILES string of the molecule is Cc1ccccc1N1CCN(CCOCCC(=O)O)CC1. The minimum atomic E-state index is -0.804. The third kappa shape index (κ3) is 5.02. The van der Waals surface area contributed by atoms with Gasteiger partial charge >= 0.3 is 5.97 Å². The Morgan fingerprint density at radius 2 is 1.90 bits per heavy atom. The van der Waals surface area contributed by atoms with Crippen LogP contribution in [0.25, 0.3) is 0 Å². The fourth-order valence-corrected chi connectivity index (χ4v) is 2.59. The normalized spacial score (nSPS) is 16.1. The highest BCUT2D eigenvalue weighted by Crippen LogP contribution is 2.20. The van der Waals surface area contributed by atoms with Crippen molar-refractivity contribution in [3.63, 3.8) is 0 Å². The number of aliphatic carboxylic acids is 1. The third-order valence-corrected chi connectivity index (χ3v) is 3.84. The number of hydrogen-bond donors (Lipinski definition) is 1. The van der Waals surface area contributed by atoms with Crippen molar-refractivity contribution in [3.05, 3.63) is 29.8 Å². The summed E-state index contributed by atoms with van der Waals surface area (Å²) < 4.78 is 5.34. The molecule has 0 radical (unpaired) electrons. The molecule has 0 aliphatic carbocycles. The fraction of sp³-hybridized carbons (Fsp3) is 0.562. The molecule has 1 N–H and O–H groups in total. The summed E-state index contributed by atoms with van der Waals surface area (Å²) in [4.78, 5) is 15.2. The van der Waals surface area contributed by atoms with Gasteiger partial charge in [-0.25, -0.2) is 0 Å². The monoisotopic (exact) mass is 292 g/mol. The topological polar surface area (TPSA) is 53.0 Å². The molecule has 0 atom stereocenters. The van der Waals surface area contributed by atoms with E-state index in [1.54, 1.807) is 0 Å². The number of aryl methyl sites for hydroxylation is 1. The lowest BCUT2D eigenvalue weighted by Gasteiger charge is -2.36. The Kier molecular flexibility index (Phi) is 6.02. The van der Waals surface area contributed by atoms with Gasteiger partial charge in [0.25, 0.3) is 0 Å². The van der Waals surface area contributed by atoms with E-state index < -0.39 is 5.97 Å². The first-order valence-electron chi connectivity index (χ1n) is 7.49. The molecule has 0 aromatic heterocycles. The van der Waals surface area contributed by atoms with E-state index in [4.69, 9.17) is 9.84 Å². The Balaban J connectivity index is 1.67. The largest absolute Gasteiger partial charge is 0.481 e. The number of ether oxygens (including phenoxy) is 1. The zero-order valence-corrected chi connectivity index (χ0v) is 12.6. The van der Waals surface area contributed by atoms with Gasteiger partial charge in [-0.05, 0) is 18.6 Å². The van der Waals surface area contributed by atoms with Gasteiger partial charge in [0.05, 0.1) is 19.6 Å². The van der Waals surface area contributed by atoms with Crippen LogP contribution in [0.1, 0.15) is 12.0 Å². The van der Waals surface area contributed by atoms with E-state index in [1.807, 2.05) is 0 Å². The first-order valence-corrected chi connectivity index (χ1v) is 7.49. The molecule has 5 heteroatoms. The van der Waals surface area contributed by atoms with Crippen LogP contribution in [-0.4, -0.2) is 61.9 Å².